The Morgan fingerprint density at radius 3 is 2.43 bits per heavy atom. The van der Waals surface area contributed by atoms with Crippen LogP contribution in [0.3, 0.4) is 0 Å². The van der Waals surface area contributed by atoms with Gasteiger partial charge in [0.05, 0.1) is 17.1 Å². The van der Waals surface area contributed by atoms with Gasteiger partial charge in [-0.1, -0.05) is 55.5 Å². The third-order valence-corrected chi connectivity index (χ3v) is 8.43. The molecule has 0 radical (unpaired) electrons. The zero-order valence-electron chi connectivity index (χ0n) is 25.8. The summed E-state index contributed by atoms with van der Waals surface area (Å²) in [5, 5.41) is 6.41. The van der Waals surface area contributed by atoms with Crippen LogP contribution < -0.4 is 15.5 Å². The summed E-state index contributed by atoms with van der Waals surface area (Å²) in [4.78, 5) is 32.4. The second-order valence-corrected chi connectivity index (χ2v) is 11.3. The summed E-state index contributed by atoms with van der Waals surface area (Å²) in [6.07, 6.45) is 3.73. The summed E-state index contributed by atoms with van der Waals surface area (Å²) >= 11 is 0. The number of nitrogens with one attached hydrogen (secondary N) is 2. The van der Waals surface area contributed by atoms with Crippen molar-refractivity contribution in [1.29, 1.82) is 0 Å². The van der Waals surface area contributed by atoms with Gasteiger partial charge in [0, 0.05) is 67.6 Å². The molecule has 2 N–H and O–H groups in total. The van der Waals surface area contributed by atoms with E-state index in [4.69, 9.17) is 9.97 Å². The zero-order valence-corrected chi connectivity index (χ0v) is 25.8. The predicted molar refractivity (Wildman–Crippen MR) is 183 cm³/mol. The largest absolute Gasteiger partial charge is 0.369 e. The first-order valence-electron chi connectivity index (χ1n) is 15.7. The fourth-order valence-electron chi connectivity index (χ4n) is 5.89. The van der Waals surface area contributed by atoms with Crippen LogP contribution in [0.5, 0.6) is 0 Å². The lowest BCUT2D eigenvalue weighted by atomic mass is 10.0. The first-order valence-corrected chi connectivity index (χ1v) is 15.7. The molecule has 1 fully saturated rings. The molecule has 3 aromatic carbocycles. The minimum absolute atomic E-state index is 0.140. The second kappa shape index (κ2) is 13.2. The molecule has 1 saturated heterocycles. The van der Waals surface area contributed by atoms with E-state index in [2.05, 4.69) is 56.6 Å². The Hall–Kier alpha value is -5.54. The summed E-state index contributed by atoms with van der Waals surface area (Å²) in [6, 6.07) is 33.7. The van der Waals surface area contributed by atoms with E-state index in [1.807, 2.05) is 89.5 Å². The quantitative estimate of drug-likeness (QED) is 0.200. The maximum Gasteiger partial charge on any atom is 0.251 e. The fourth-order valence-corrected chi connectivity index (χ4v) is 5.89. The highest BCUT2D eigenvalue weighted by Gasteiger charge is 2.19. The van der Waals surface area contributed by atoms with Gasteiger partial charge >= 0.3 is 0 Å². The Balaban J connectivity index is 1.14. The molecule has 3 aromatic heterocycles. The molecular weight excluding hydrogens is 572 g/mol. The number of carbonyl (C=O) groups is 1. The van der Waals surface area contributed by atoms with Crippen LogP contribution in [0.25, 0.3) is 28.3 Å². The number of hydrogen-bond donors (Lipinski definition) is 2. The Morgan fingerprint density at radius 2 is 1.63 bits per heavy atom. The molecule has 230 valence electrons. The highest BCUT2D eigenvalue weighted by molar-refractivity contribution is 5.96. The van der Waals surface area contributed by atoms with Gasteiger partial charge in [-0.15, -0.1) is 0 Å². The molecule has 1 aliphatic heterocycles. The molecule has 9 heteroatoms. The Bertz CT molecular complexity index is 1950. The summed E-state index contributed by atoms with van der Waals surface area (Å²) in [7, 11) is 0. The number of benzene rings is 3. The SMILES string of the molecule is CCN1CCN(c2ccc(Nc3nccc(-c4c(-c5cccc(C(=O)NCc6ccccc6)c5)nc5ccccn45)n3)cc2)CC1. The van der Waals surface area contributed by atoms with E-state index >= 15 is 0 Å². The number of nitrogens with zero attached hydrogens (tertiary/aromatic N) is 6. The maximum absolute atomic E-state index is 13.1. The van der Waals surface area contributed by atoms with Gasteiger partial charge in [-0.25, -0.2) is 15.0 Å². The highest BCUT2D eigenvalue weighted by atomic mass is 16.1. The highest BCUT2D eigenvalue weighted by Crippen LogP contribution is 2.33. The molecule has 6 aromatic rings. The van der Waals surface area contributed by atoms with E-state index in [1.165, 1.54) is 5.69 Å². The molecule has 0 aliphatic carbocycles. The number of pyridine rings is 1. The summed E-state index contributed by atoms with van der Waals surface area (Å²) in [5.74, 6) is 0.353. The van der Waals surface area contributed by atoms with Crippen molar-refractivity contribution in [2.75, 3.05) is 42.9 Å². The van der Waals surface area contributed by atoms with Crippen LogP contribution >= 0.6 is 0 Å². The lowest BCUT2D eigenvalue weighted by molar-refractivity contribution is 0.0951. The summed E-state index contributed by atoms with van der Waals surface area (Å²) < 4.78 is 2.02. The minimum atomic E-state index is -0.140. The lowest BCUT2D eigenvalue weighted by Gasteiger charge is -2.35. The van der Waals surface area contributed by atoms with E-state index in [0.717, 1.165) is 72.3 Å². The molecule has 1 aliphatic rings. The van der Waals surface area contributed by atoms with Crippen LogP contribution in [0.15, 0.2) is 116 Å². The van der Waals surface area contributed by atoms with E-state index in [0.29, 0.717) is 18.1 Å². The number of amides is 1. The molecular formula is C37H36N8O. The number of hydrogen-bond acceptors (Lipinski definition) is 7. The Labute approximate surface area is 268 Å². The number of piperazine rings is 1. The topological polar surface area (TPSA) is 90.7 Å². The monoisotopic (exact) mass is 608 g/mol. The van der Waals surface area contributed by atoms with Gasteiger partial charge in [0.2, 0.25) is 5.95 Å². The summed E-state index contributed by atoms with van der Waals surface area (Å²) in [5.41, 5.74) is 7.65. The van der Waals surface area contributed by atoms with Crippen LogP contribution in [0.2, 0.25) is 0 Å². The molecule has 0 atom stereocenters. The minimum Gasteiger partial charge on any atom is -0.369 e. The van der Waals surface area contributed by atoms with Crippen molar-refractivity contribution >= 4 is 28.9 Å². The van der Waals surface area contributed by atoms with Crippen LogP contribution in [0, 0.1) is 0 Å². The zero-order chi connectivity index (χ0) is 31.3. The molecule has 1 amide bonds. The number of fused-ring (bicyclic) bond motifs is 1. The molecule has 4 heterocycles. The lowest BCUT2D eigenvalue weighted by Crippen LogP contribution is -2.46. The predicted octanol–water partition coefficient (Wildman–Crippen LogP) is 6.27. The van der Waals surface area contributed by atoms with Crippen molar-refractivity contribution in [3.05, 3.63) is 127 Å². The molecule has 9 nitrogen and oxygen atoms in total. The summed E-state index contributed by atoms with van der Waals surface area (Å²) in [6.45, 7) is 8.03. The smallest absolute Gasteiger partial charge is 0.251 e. The van der Waals surface area contributed by atoms with E-state index in [9.17, 15) is 4.79 Å². The molecule has 7 rings (SSSR count). The Kier molecular flexibility index (Phi) is 8.38. The van der Waals surface area contributed by atoms with Crippen molar-refractivity contribution < 1.29 is 4.79 Å². The van der Waals surface area contributed by atoms with Crippen molar-refractivity contribution in [2.24, 2.45) is 0 Å². The van der Waals surface area contributed by atoms with Gasteiger partial charge < -0.3 is 20.4 Å². The van der Waals surface area contributed by atoms with Crippen LogP contribution in [0.1, 0.15) is 22.8 Å². The number of anilines is 3. The van der Waals surface area contributed by atoms with E-state index in [1.54, 1.807) is 6.20 Å². The van der Waals surface area contributed by atoms with Crippen LogP contribution in [0.4, 0.5) is 17.3 Å². The maximum atomic E-state index is 13.1. The first-order chi connectivity index (χ1) is 22.6. The second-order valence-electron chi connectivity index (χ2n) is 11.3. The third kappa shape index (κ3) is 6.31. The molecule has 0 bridgehead atoms. The molecule has 46 heavy (non-hydrogen) atoms. The average molecular weight is 609 g/mol. The van der Waals surface area contributed by atoms with Crippen molar-refractivity contribution in [1.82, 2.24) is 29.6 Å². The first kappa shape index (κ1) is 29.2. The number of carbonyl (C=O) groups excluding carboxylic acids is 1. The molecule has 0 saturated carbocycles. The van der Waals surface area contributed by atoms with Crippen molar-refractivity contribution in [3.8, 4) is 22.6 Å². The van der Waals surface area contributed by atoms with Crippen molar-refractivity contribution in [2.45, 2.75) is 13.5 Å². The van der Waals surface area contributed by atoms with Gasteiger partial charge in [-0.2, -0.15) is 0 Å². The van der Waals surface area contributed by atoms with Gasteiger partial charge in [0.1, 0.15) is 5.65 Å². The molecule has 0 unspecified atom stereocenters. The van der Waals surface area contributed by atoms with Crippen LogP contribution in [-0.4, -0.2) is 62.9 Å². The number of rotatable bonds is 9. The normalized spacial score (nSPS) is 13.5. The van der Waals surface area contributed by atoms with Gasteiger partial charge in [-0.05, 0) is 66.7 Å². The number of imidazole rings is 1. The fraction of sp³-hybridized carbons (Fsp3) is 0.189. The third-order valence-electron chi connectivity index (χ3n) is 8.43. The van der Waals surface area contributed by atoms with E-state index < -0.39 is 0 Å². The van der Waals surface area contributed by atoms with Gasteiger partial charge in [0.15, 0.2) is 0 Å². The standard InChI is InChI=1S/C37H36N8O/c1-2-43-21-23-44(24-22-43)31-16-14-30(15-17-31)40-37-38-19-18-32(41-37)35-34(42-33-13-6-7-20-45(33)35)28-11-8-12-29(25-28)36(46)39-26-27-9-4-3-5-10-27/h3-20,25H,2,21-24,26H2,1H3,(H,39,46)(H,38,40,41). The average Bonchev–Trinajstić information content (AvgIpc) is 3.51. The van der Waals surface area contributed by atoms with E-state index in [-0.39, 0.29) is 5.91 Å². The van der Waals surface area contributed by atoms with Crippen LogP contribution in [-0.2, 0) is 6.54 Å². The van der Waals surface area contributed by atoms with Crippen molar-refractivity contribution in [3.63, 3.8) is 0 Å². The number of likely N-dealkylation sites (N-methyl/N-ethyl adjacent to an activating group) is 1. The number of aromatic nitrogens is 4. The molecule has 0 spiro atoms. The van der Waals surface area contributed by atoms with Gasteiger partial charge in [0.25, 0.3) is 5.91 Å². The van der Waals surface area contributed by atoms with Gasteiger partial charge in [-0.3, -0.25) is 9.20 Å². The Morgan fingerprint density at radius 1 is 0.826 bits per heavy atom.